The number of halogens is 1. The molecule has 2 heterocycles. The quantitative estimate of drug-likeness (QED) is 0.879. The van der Waals surface area contributed by atoms with Gasteiger partial charge in [-0.2, -0.15) is 0 Å². The van der Waals surface area contributed by atoms with Crippen LogP contribution in [0.15, 0.2) is 23.6 Å². The molecule has 0 aliphatic heterocycles. The number of thiophene rings is 2. The molecule has 0 unspecified atom stereocenters. The molecular formula is C13H11ClN2O4S2. The molecule has 2 rings (SSSR count). The standard InChI is InChI=1S/C13H11ClN2O4S2/c1-20-13(19)16-11(18)8-4-5-21-12(8)15-10(17)6-7-2-3-9(14)22-7/h2-5H,6H2,1H3,(H,15,17)(H,16,18,19). The van der Waals surface area contributed by atoms with Crippen molar-refractivity contribution >= 4 is 57.2 Å². The van der Waals surface area contributed by atoms with Gasteiger partial charge in [0.05, 0.1) is 23.4 Å². The van der Waals surface area contributed by atoms with Gasteiger partial charge in [0, 0.05) is 4.88 Å². The zero-order chi connectivity index (χ0) is 16.1. The Hall–Kier alpha value is -1.90. The molecule has 3 amide bonds. The topological polar surface area (TPSA) is 84.5 Å². The molecule has 0 aliphatic carbocycles. The van der Waals surface area contributed by atoms with Crippen molar-refractivity contribution in [2.75, 3.05) is 12.4 Å². The summed E-state index contributed by atoms with van der Waals surface area (Å²) in [6.07, 6.45) is -0.699. The lowest BCUT2D eigenvalue weighted by Crippen LogP contribution is -2.30. The summed E-state index contributed by atoms with van der Waals surface area (Å²) in [5, 5.41) is 6.70. The predicted octanol–water partition coefficient (Wildman–Crippen LogP) is 3.14. The van der Waals surface area contributed by atoms with Crippen molar-refractivity contribution in [2.45, 2.75) is 6.42 Å². The summed E-state index contributed by atoms with van der Waals surface area (Å²) in [4.78, 5) is 35.7. The summed E-state index contributed by atoms with van der Waals surface area (Å²) in [6.45, 7) is 0. The number of anilines is 1. The third-order valence-electron chi connectivity index (χ3n) is 2.53. The maximum absolute atomic E-state index is 12.0. The Balaban J connectivity index is 2.01. The molecule has 0 aliphatic rings. The van der Waals surface area contributed by atoms with Crippen LogP contribution >= 0.6 is 34.3 Å². The lowest BCUT2D eigenvalue weighted by atomic mass is 10.3. The average Bonchev–Trinajstić information content (AvgIpc) is 3.07. The summed E-state index contributed by atoms with van der Waals surface area (Å²) in [7, 11) is 1.16. The van der Waals surface area contributed by atoms with Gasteiger partial charge in [-0.15, -0.1) is 22.7 Å². The van der Waals surface area contributed by atoms with Gasteiger partial charge in [-0.05, 0) is 23.6 Å². The van der Waals surface area contributed by atoms with Gasteiger partial charge in [-0.1, -0.05) is 11.6 Å². The number of hydrogen-bond acceptors (Lipinski definition) is 6. The number of carbonyl (C=O) groups is 3. The van der Waals surface area contributed by atoms with Crippen LogP contribution in [-0.4, -0.2) is 25.0 Å². The first-order valence-corrected chi connectivity index (χ1v) is 8.08. The molecule has 0 radical (unpaired) electrons. The highest BCUT2D eigenvalue weighted by Crippen LogP contribution is 2.25. The number of methoxy groups -OCH3 is 1. The van der Waals surface area contributed by atoms with E-state index >= 15 is 0 Å². The highest BCUT2D eigenvalue weighted by molar-refractivity contribution is 7.16. The first kappa shape index (κ1) is 16.5. The van der Waals surface area contributed by atoms with E-state index in [9.17, 15) is 14.4 Å². The number of amides is 3. The summed E-state index contributed by atoms with van der Waals surface area (Å²) in [6, 6.07) is 5.00. The zero-order valence-electron chi connectivity index (χ0n) is 11.3. The number of hydrogen-bond donors (Lipinski definition) is 2. The smallest absolute Gasteiger partial charge is 0.413 e. The van der Waals surface area contributed by atoms with Crippen LogP contribution in [0.25, 0.3) is 0 Å². The summed E-state index contributed by atoms with van der Waals surface area (Å²) in [5.41, 5.74) is 0.202. The van der Waals surface area contributed by atoms with Crippen molar-refractivity contribution in [3.63, 3.8) is 0 Å². The third kappa shape index (κ3) is 4.30. The number of ether oxygens (including phenoxy) is 1. The lowest BCUT2D eigenvalue weighted by molar-refractivity contribution is -0.115. The van der Waals surface area contributed by atoms with Crippen molar-refractivity contribution in [2.24, 2.45) is 0 Å². The van der Waals surface area contributed by atoms with Gasteiger partial charge in [-0.25, -0.2) is 4.79 Å². The van der Waals surface area contributed by atoms with Crippen LogP contribution in [0.1, 0.15) is 15.2 Å². The molecule has 0 bridgehead atoms. The highest BCUT2D eigenvalue weighted by Gasteiger charge is 2.17. The molecule has 2 aromatic rings. The minimum Gasteiger partial charge on any atom is -0.453 e. The molecule has 0 saturated carbocycles. The van der Waals surface area contributed by atoms with Crippen molar-refractivity contribution < 1.29 is 19.1 Å². The molecule has 0 spiro atoms. The second kappa shape index (κ2) is 7.39. The molecule has 22 heavy (non-hydrogen) atoms. The lowest BCUT2D eigenvalue weighted by Gasteiger charge is -2.06. The maximum atomic E-state index is 12.0. The molecule has 0 fully saturated rings. The Morgan fingerprint density at radius 1 is 1.27 bits per heavy atom. The Morgan fingerprint density at radius 3 is 2.68 bits per heavy atom. The Morgan fingerprint density at radius 2 is 2.05 bits per heavy atom. The van der Waals surface area contributed by atoms with Gasteiger partial charge in [0.2, 0.25) is 5.91 Å². The van der Waals surface area contributed by atoms with Gasteiger partial charge in [0.1, 0.15) is 5.00 Å². The van der Waals surface area contributed by atoms with E-state index in [1.54, 1.807) is 17.5 Å². The van der Waals surface area contributed by atoms with Crippen molar-refractivity contribution in [1.29, 1.82) is 0 Å². The summed E-state index contributed by atoms with van der Waals surface area (Å²) in [5.74, 6) is -0.907. The summed E-state index contributed by atoms with van der Waals surface area (Å²) >= 11 is 8.31. The number of carbonyl (C=O) groups excluding carboxylic acids is 3. The fourth-order valence-electron chi connectivity index (χ4n) is 1.57. The van der Waals surface area contributed by atoms with Crippen LogP contribution < -0.4 is 10.6 Å². The number of imide groups is 1. The van der Waals surface area contributed by atoms with E-state index < -0.39 is 12.0 Å². The van der Waals surface area contributed by atoms with E-state index in [-0.39, 0.29) is 17.9 Å². The fraction of sp³-hybridized carbons (Fsp3) is 0.154. The molecule has 2 N–H and O–H groups in total. The van der Waals surface area contributed by atoms with Gasteiger partial charge in [0.25, 0.3) is 5.91 Å². The van der Waals surface area contributed by atoms with Crippen LogP contribution in [0.2, 0.25) is 4.34 Å². The molecule has 2 aromatic heterocycles. The maximum Gasteiger partial charge on any atom is 0.413 e. The van der Waals surface area contributed by atoms with Crippen molar-refractivity contribution in [1.82, 2.24) is 5.32 Å². The molecule has 6 nitrogen and oxygen atoms in total. The second-order valence-corrected chi connectivity index (χ2v) is 6.76. The first-order valence-electron chi connectivity index (χ1n) is 6.00. The Kier molecular flexibility index (Phi) is 5.53. The SMILES string of the molecule is COC(=O)NC(=O)c1ccsc1NC(=O)Cc1ccc(Cl)s1. The minimum absolute atomic E-state index is 0.160. The van der Waals surface area contributed by atoms with E-state index in [1.165, 1.54) is 28.7 Å². The van der Waals surface area contributed by atoms with Crippen LogP contribution in [0.3, 0.4) is 0 Å². The highest BCUT2D eigenvalue weighted by atomic mass is 35.5. The Labute approximate surface area is 139 Å². The van der Waals surface area contributed by atoms with Crippen LogP contribution in [0.5, 0.6) is 0 Å². The fourth-order valence-corrected chi connectivity index (χ4v) is 3.46. The molecule has 116 valence electrons. The second-order valence-electron chi connectivity index (χ2n) is 4.04. The van der Waals surface area contributed by atoms with E-state index in [2.05, 4.69) is 10.1 Å². The number of nitrogens with one attached hydrogen (secondary N) is 2. The largest absolute Gasteiger partial charge is 0.453 e. The normalized spacial score (nSPS) is 10.1. The molecule has 0 saturated heterocycles. The first-order chi connectivity index (χ1) is 10.5. The Bertz CT molecular complexity index is 710. The van der Waals surface area contributed by atoms with Crippen LogP contribution in [-0.2, 0) is 16.0 Å². The van der Waals surface area contributed by atoms with Gasteiger partial charge >= 0.3 is 6.09 Å². The van der Waals surface area contributed by atoms with Crippen molar-refractivity contribution in [3.8, 4) is 0 Å². The molecule has 0 atom stereocenters. The van der Waals surface area contributed by atoms with E-state index in [1.807, 2.05) is 5.32 Å². The average molecular weight is 359 g/mol. The molecule has 9 heteroatoms. The van der Waals surface area contributed by atoms with E-state index in [0.29, 0.717) is 9.34 Å². The number of rotatable bonds is 4. The zero-order valence-corrected chi connectivity index (χ0v) is 13.7. The van der Waals surface area contributed by atoms with Gasteiger partial charge in [-0.3, -0.25) is 14.9 Å². The van der Waals surface area contributed by atoms with E-state index in [4.69, 9.17) is 11.6 Å². The monoisotopic (exact) mass is 358 g/mol. The van der Waals surface area contributed by atoms with Crippen LogP contribution in [0, 0.1) is 0 Å². The summed E-state index contributed by atoms with van der Waals surface area (Å²) < 4.78 is 4.96. The molecule has 0 aromatic carbocycles. The predicted molar refractivity (Wildman–Crippen MR) is 85.9 cm³/mol. The minimum atomic E-state index is -0.860. The van der Waals surface area contributed by atoms with Crippen molar-refractivity contribution in [3.05, 3.63) is 38.4 Å². The molecular weight excluding hydrogens is 348 g/mol. The van der Waals surface area contributed by atoms with Crippen LogP contribution in [0.4, 0.5) is 9.80 Å². The third-order valence-corrected chi connectivity index (χ3v) is 4.59. The van der Waals surface area contributed by atoms with Gasteiger partial charge in [0.15, 0.2) is 0 Å². The number of alkyl carbamates (subject to hydrolysis) is 1. The van der Waals surface area contributed by atoms with E-state index in [0.717, 1.165) is 12.0 Å². The van der Waals surface area contributed by atoms with Gasteiger partial charge < -0.3 is 10.1 Å².